The fraction of sp³-hybridized carbons (Fsp3) is 0.444. The first-order valence-electron chi connectivity index (χ1n) is 8.40. The fourth-order valence-corrected chi connectivity index (χ4v) is 4.92. The van der Waals surface area contributed by atoms with Crippen LogP contribution in [-0.4, -0.2) is 27.6 Å². The molecular weight excluding hydrogens is 322 g/mol. The molecule has 5 nitrogen and oxygen atoms in total. The van der Waals surface area contributed by atoms with E-state index in [4.69, 9.17) is 12.2 Å². The molecule has 3 aliphatic rings. The van der Waals surface area contributed by atoms with Gasteiger partial charge in [0, 0.05) is 11.6 Å². The number of rotatable bonds is 3. The lowest BCUT2D eigenvalue weighted by Crippen LogP contribution is -2.45. The zero-order chi connectivity index (χ0) is 16.7. The van der Waals surface area contributed by atoms with Crippen molar-refractivity contribution in [1.82, 2.24) is 10.7 Å². The zero-order valence-corrected chi connectivity index (χ0v) is 14.0. The van der Waals surface area contributed by atoms with Crippen LogP contribution in [0, 0.1) is 23.7 Å². The Morgan fingerprint density at radius 3 is 3.00 bits per heavy atom. The molecule has 0 aliphatic heterocycles. The van der Waals surface area contributed by atoms with Gasteiger partial charge in [0.25, 0.3) is 0 Å². The number of hydrogen-bond acceptors (Lipinski definition) is 4. The normalized spacial score (nSPS) is 33.1. The molecule has 24 heavy (non-hydrogen) atoms. The molecule has 126 valence electrons. The van der Waals surface area contributed by atoms with Gasteiger partial charge in [0.2, 0.25) is 0 Å². The molecule has 2 bridgehead atoms. The Labute approximate surface area is 146 Å². The maximum Gasteiger partial charge on any atom is 0.187 e. The summed E-state index contributed by atoms with van der Waals surface area (Å²) in [5.41, 5.74) is 3.24. The molecule has 1 aromatic carbocycles. The third-order valence-electron chi connectivity index (χ3n) is 5.71. The van der Waals surface area contributed by atoms with Crippen molar-refractivity contribution in [2.24, 2.45) is 28.8 Å². The molecule has 6 heteroatoms. The molecule has 5 atom stereocenters. The van der Waals surface area contributed by atoms with Gasteiger partial charge < -0.3 is 15.5 Å². The molecular formula is C18H21N3O2S. The minimum absolute atomic E-state index is 0.0596. The molecule has 2 saturated carbocycles. The summed E-state index contributed by atoms with van der Waals surface area (Å²) in [6.07, 6.45) is 9.91. The number of allylic oxidation sites excluding steroid dienone is 2. The Kier molecular flexibility index (Phi) is 3.92. The van der Waals surface area contributed by atoms with Crippen molar-refractivity contribution in [1.29, 1.82) is 0 Å². The van der Waals surface area contributed by atoms with Crippen molar-refractivity contribution in [3.63, 3.8) is 0 Å². The number of fused-ring (bicyclic) bond motifs is 5. The maximum atomic E-state index is 9.70. The molecule has 0 saturated heterocycles. The SMILES string of the molecule is Oc1ccc(O)c(/C=N/NC(=S)N[C@@H]2C[C@@H]3C[C@@H]2[C@H]2C=CC[C@H]32)c1. The molecule has 2 fully saturated rings. The Balaban J connectivity index is 1.32. The predicted octanol–water partition coefficient (Wildman–Crippen LogP) is 2.50. The van der Waals surface area contributed by atoms with Crippen LogP contribution >= 0.6 is 12.2 Å². The second-order valence-electron chi connectivity index (χ2n) is 6.99. The topological polar surface area (TPSA) is 76.9 Å². The Hall–Kier alpha value is -2.08. The summed E-state index contributed by atoms with van der Waals surface area (Å²) in [6, 6.07) is 4.71. The van der Waals surface area contributed by atoms with Crippen molar-refractivity contribution in [3.8, 4) is 11.5 Å². The van der Waals surface area contributed by atoms with E-state index >= 15 is 0 Å². The van der Waals surface area contributed by atoms with Gasteiger partial charge in [0.05, 0.1) is 6.21 Å². The van der Waals surface area contributed by atoms with Crippen molar-refractivity contribution >= 4 is 23.5 Å². The van der Waals surface area contributed by atoms with E-state index in [2.05, 4.69) is 28.0 Å². The van der Waals surface area contributed by atoms with Gasteiger partial charge in [-0.25, -0.2) is 0 Å². The lowest BCUT2D eigenvalue weighted by Gasteiger charge is -2.32. The Bertz CT molecular complexity index is 718. The van der Waals surface area contributed by atoms with E-state index in [9.17, 15) is 10.2 Å². The fourth-order valence-electron chi connectivity index (χ4n) is 4.72. The van der Waals surface area contributed by atoms with Gasteiger partial charge in [0.1, 0.15) is 11.5 Å². The molecule has 0 spiro atoms. The van der Waals surface area contributed by atoms with E-state index in [1.807, 2.05) is 0 Å². The standard InChI is InChI=1S/C18H21N3O2S/c22-12-4-5-17(23)11(6-12)9-19-21-18(24)20-16-8-10-7-15(16)14-3-1-2-13(10)14/h1,3-6,9-10,13-16,22-23H,2,7-8H2,(H2,20,21,24)/b19-9+/t10-,13+,14-,15+,16+/m0/s1. The number of hydrogen-bond donors (Lipinski definition) is 4. The smallest absolute Gasteiger partial charge is 0.187 e. The number of aromatic hydroxyl groups is 2. The minimum atomic E-state index is 0.0596. The van der Waals surface area contributed by atoms with Gasteiger partial charge >= 0.3 is 0 Å². The number of phenolic OH excluding ortho intramolecular Hbond substituents is 2. The molecule has 0 unspecified atom stereocenters. The number of nitrogens with one attached hydrogen (secondary N) is 2. The largest absolute Gasteiger partial charge is 0.508 e. The van der Waals surface area contributed by atoms with E-state index in [1.54, 1.807) is 0 Å². The summed E-state index contributed by atoms with van der Waals surface area (Å²) < 4.78 is 0. The van der Waals surface area contributed by atoms with Crippen LogP contribution < -0.4 is 10.7 Å². The van der Waals surface area contributed by atoms with Crippen LogP contribution in [0.15, 0.2) is 35.5 Å². The van der Waals surface area contributed by atoms with E-state index in [0.717, 1.165) is 17.8 Å². The van der Waals surface area contributed by atoms with Crippen LogP contribution in [-0.2, 0) is 0 Å². The number of hydrazone groups is 1. The van der Waals surface area contributed by atoms with Crippen LogP contribution in [0.25, 0.3) is 0 Å². The monoisotopic (exact) mass is 343 g/mol. The summed E-state index contributed by atoms with van der Waals surface area (Å²) >= 11 is 5.33. The molecule has 0 heterocycles. The molecule has 4 N–H and O–H groups in total. The summed E-state index contributed by atoms with van der Waals surface area (Å²) in [4.78, 5) is 0. The van der Waals surface area contributed by atoms with Gasteiger partial charge in [-0.2, -0.15) is 5.10 Å². The van der Waals surface area contributed by atoms with Gasteiger partial charge in [0.15, 0.2) is 5.11 Å². The first kappa shape index (κ1) is 15.4. The Morgan fingerprint density at radius 2 is 2.12 bits per heavy atom. The van der Waals surface area contributed by atoms with Gasteiger partial charge in [-0.3, -0.25) is 5.43 Å². The lowest BCUT2D eigenvalue weighted by atomic mass is 9.79. The summed E-state index contributed by atoms with van der Waals surface area (Å²) in [5.74, 6) is 3.22. The van der Waals surface area contributed by atoms with Crippen LogP contribution in [0.5, 0.6) is 11.5 Å². The summed E-state index contributed by atoms with van der Waals surface area (Å²) in [6.45, 7) is 0. The first-order valence-corrected chi connectivity index (χ1v) is 8.81. The van der Waals surface area contributed by atoms with Crippen molar-refractivity contribution in [3.05, 3.63) is 35.9 Å². The highest BCUT2D eigenvalue weighted by Gasteiger charge is 2.52. The average molecular weight is 343 g/mol. The van der Waals surface area contributed by atoms with Gasteiger partial charge in [-0.1, -0.05) is 12.2 Å². The highest BCUT2D eigenvalue weighted by Crippen LogP contribution is 2.56. The first-order chi connectivity index (χ1) is 11.6. The van der Waals surface area contributed by atoms with Gasteiger partial charge in [-0.05, 0) is 73.4 Å². The average Bonchev–Trinajstić information content (AvgIpc) is 3.23. The predicted molar refractivity (Wildman–Crippen MR) is 97.0 cm³/mol. The Morgan fingerprint density at radius 1 is 1.25 bits per heavy atom. The van der Waals surface area contributed by atoms with Crippen LogP contribution in [0.4, 0.5) is 0 Å². The minimum Gasteiger partial charge on any atom is -0.508 e. The zero-order valence-electron chi connectivity index (χ0n) is 13.2. The second-order valence-corrected chi connectivity index (χ2v) is 7.40. The quantitative estimate of drug-likeness (QED) is 0.223. The summed E-state index contributed by atoms with van der Waals surface area (Å²) in [7, 11) is 0. The van der Waals surface area contributed by atoms with E-state index in [1.165, 1.54) is 43.7 Å². The number of benzene rings is 1. The van der Waals surface area contributed by atoms with E-state index < -0.39 is 0 Å². The van der Waals surface area contributed by atoms with Crippen LogP contribution in [0.3, 0.4) is 0 Å². The molecule has 0 aromatic heterocycles. The molecule has 4 rings (SSSR count). The van der Waals surface area contributed by atoms with Crippen LogP contribution in [0.2, 0.25) is 0 Å². The third kappa shape index (κ3) is 2.75. The van der Waals surface area contributed by atoms with Crippen molar-refractivity contribution < 1.29 is 10.2 Å². The van der Waals surface area contributed by atoms with E-state index in [0.29, 0.717) is 22.6 Å². The third-order valence-corrected chi connectivity index (χ3v) is 5.92. The van der Waals surface area contributed by atoms with Crippen molar-refractivity contribution in [2.45, 2.75) is 25.3 Å². The highest BCUT2D eigenvalue weighted by atomic mass is 32.1. The van der Waals surface area contributed by atoms with Crippen LogP contribution in [0.1, 0.15) is 24.8 Å². The second kappa shape index (κ2) is 6.09. The molecule has 3 aliphatic carbocycles. The highest BCUT2D eigenvalue weighted by molar-refractivity contribution is 7.80. The number of nitrogens with zero attached hydrogens (tertiary/aromatic N) is 1. The van der Waals surface area contributed by atoms with Gasteiger partial charge in [-0.15, -0.1) is 0 Å². The maximum absolute atomic E-state index is 9.70. The molecule has 0 radical (unpaired) electrons. The summed E-state index contributed by atoms with van der Waals surface area (Å²) in [5, 5.41) is 27.1. The van der Waals surface area contributed by atoms with E-state index in [-0.39, 0.29) is 11.5 Å². The molecule has 0 amide bonds. The lowest BCUT2D eigenvalue weighted by molar-refractivity contribution is 0.246. The molecule has 1 aromatic rings. The van der Waals surface area contributed by atoms with Crippen molar-refractivity contribution in [2.75, 3.05) is 0 Å². The number of thiocarbonyl (C=S) groups is 1. The number of phenols is 2.